The second-order valence-corrected chi connectivity index (χ2v) is 17.8. The normalized spacial score (nSPS) is 12.0. The molecule has 0 unspecified atom stereocenters. The molecule has 4 nitrogen and oxygen atoms in total. The number of fused-ring (bicyclic) bond motifs is 12. The highest BCUT2D eigenvalue weighted by molar-refractivity contribution is 7.26. The lowest BCUT2D eigenvalue weighted by Crippen LogP contribution is -2.11. The van der Waals surface area contributed by atoms with Gasteiger partial charge in [0.2, 0.25) is 0 Å². The molecular weight excluding hydrogens is 813 g/mol. The van der Waals surface area contributed by atoms with Crippen LogP contribution in [0.2, 0.25) is 0 Å². The van der Waals surface area contributed by atoms with E-state index in [-0.39, 0.29) is 0 Å². The molecule has 4 heterocycles. The van der Waals surface area contributed by atoms with Crippen molar-refractivity contribution in [2.24, 2.45) is 0 Å². The average Bonchev–Trinajstić information content (AvgIpc) is 4.14. The summed E-state index contributed by atoms with van der Waals surface area (Å²) >= 11 is 1.86. The molecule has 0 amide bonds. The van der Waals surface area contributed by atoms with Gasteiger partial charge >= 0.3 is 0 Å². The molecule has 0 N–H and O–H groups in total. The van der Waals surface area contributed by atoms with Crippen LogP contribution in [0.25, 0.3) is 114 Å². The van der Waals surface area contributed by atoms with Crippen LogP contribution in [0.1, 0.15) is 0 Å². The van der Waals surface area contributed by atoms with E-state index in [1.807, 2.05) is 17.4 Å². The predicted octanol–water partition coefficient (Wildman–Crippen LogP) is 17.8. The number of rotatable bonds is 6. The van der Waals surface area contributed by atoms with E-state index in [4.69, 9.17) is 8.83 Å². The monoisotopic (exact) mass is 848 g/mol. The molecule has 0 spiro atoms. The van der Waals surface area contributed by atoms with Gasteiger partial charge in [0.25, 0.3) is 0 Å². The third-order valence-electron chi connectivity index (χ3n) is 13.2. The summed E-state index contributed by atoms with van der Waals surface area (Å²) in [5.74, 6) is 0. The Morgan fingerprint density at radius 2 is 1.00 bits per heavy atom. The largest absolute Gasteiger partial charge is 0.455 e. The molecule has 5 heteroatoms. The number of aromatic nitrogens is 1. The maximum Gasteiger partial charge on any atom is 0.159 e. The van der Waals surface area contributed by atoms with Crippen LogP contribution in [0.5, 0.6) is 0 Å². The van der Waals surface area contributed by atoms with Crippen LogP contribution in [0.15, 0.2) is 227 Å². The van der Waals surface area contributed by atoms with Crippen molar-refractivity contribution in [1.29, 1.82) is 0 Å². The van der Waals surface area contributed by atoms with Crippen LogP contribution >= 0.6 is 11.3 Å². The number of benzene rings is 10. The predicted molar refractivity (Wildman–Crippen MR) is 274 cm³/mol. The maximum atomic E-state index is 6.99. The van der Waals surface area contributed by atoms with E-state index < -0.39 is 0 Å². The van der Waals surface area contributed by atoms with E-state index in [0.29, 0.717) is 0 Å². The van der Waals surface area contributed by atoms with Crippen LogP contribution in [-0.4, -0.2) is 4.57 Å². The minimum absolute atomic E-state index is 0.830. The zero-order chi connectivity index (χ0) is 42.6. The molecule has 0 aliphatic rings. The van der Waals surface area contributed by atoms with E-state index in [0.717, 1.165) is 77.8 Å². The summed E-state index contributed by atoms with van der Waals surface area (Å²) in [7, 11) is 0. The number of hydrogen-bond acceptors (Lipinski definition) is 4. The minimum atomic E-state index is 0.830. The number of nitrogens with zero attached hydrogens (tertiary/aromatic N) is 2. The van der Waals surface area contributed by atoms with Crippen molar-refractivity contribution in [1.82, 2.24) is 4.57 Å². The Kier molecular flexibility index (Phi) is 7.82. The number of anilines is 3. The van der Waals surface area contributed by atoms with Gasteiger partial charge in [0, 0.05) is 64.0 Å². The highest BCUT2D eigenvalue weighted by atomic mass is 32.1. The molecule has 0 radical (unpaired) electrons. The smallest absolute Gasteiger partial charge is 0.159 e. The first-order valence-electron chi connectivity index (χ1n) is 22.0. The molecule has 0 aliphatic carbocycles. The zero-order valence-electron chi connectivity index (χ0n) is 34.9. The zero-order valence-corrected chi connectivity index (χ0v) is 35.7. The van der Waals surface area contributed by atoms with Gasteiger partial charge in [-0.1, -0.05) is 146 Å². The van der Waals surface area contributed by atoms with Crippen molar-refractivity contribution >= 4 is 114 Å². The Bertz CT molecular complexity index is 4150. The lowest BCUT2D eigenvalue weighted by Gasteiger charge is -2.27. The molecular formula is C60H36N2O2S. The lowest BCUT2D eigenvalue weighted by molar-refractivity contribution is 0.668. The van der Waals surface area contributed by atoms with Crippen LogP contribution in [0, 0.1) is 0 Å². The Hall–Kier alpha value is -8.38. The average molecular weight is 849 g/mol. The summed E-state index contributed by atoms with van der Waals surface area (Å²) in [5.41, 5.74) is 14.3. The quantitative estimate of drug-likeness (QED) is 0.167. The molecule has 14 aromatic rings. The fourth-order valence-electron chi connectivity index (χ4n) is 10.3. The second kappa shape index (κ2) is 14.1. The van der Waals surface area contributed by atoms with Gasteiger partial charge in [0.05, 0.1) is 27.8 Å². The standard InChI is InChI=1S/C60H36N2O2S/c1-6-24-50-43(16-1)44-17-2-7-25-51(44)62(50)40-15-11-14-38(36-40)41-34-35-52(57-49-20-4-9-28-55(49)64-59(41)57)61(53-26-13-22-47-45-18-3-8-27-54(45)63-58(47)53)39-32-30-37(31-33-39)42-21-12-23-48-46-19-5-10-29-56(46)65-60(42)48/h1-36H. The Balaban J connectivity index is 0.990. The summed E-state index contributed by atoms with van der Waals surface area (Å²) in [4.78, 5) is 2.36. The van der Waals surface area contributed by atoms with Crippen molar-refractivity contribution < 1.29 is 8.83 Å². The molecule has 0 atom stereocenters. The van der Waals surface area contributed by atoms with Crippen molar-refractivity contribution in [2.45, 2.75) is 0 Å². The summed E-state index contributed by atoms with van der Waals surface area (Å²) in [6.07, 6.45) is 0. The minimum Gasteiger partial charge on any atom is -0.455 e. The van der Waals surface area contributed by atoms with Crippen LogP contribution < -0.4 is 4.90 Å². The first-order chi connectivity index (χ1) is 32.2. The summed E-state index contributed by atoms with van der Waals surface area (Å²) < 4.78 is 18.8. The molecule has 0 saturated heterocycles. The molecule has 10 aromatic carbocycles. The number of furan rings is 2. The van der Waals surface area contributed by atoms with E-state index in [1.165, 1.54) is 53.1 Å². The van der Waals surface area contributed by atoms with Crippen molar-refractivity contribution in [3.8, 4) is 27.9 Å². The lowest BCUT2D eigenvalue weighted by atomic mass is 9.98. The number of hydrogen-bond donors (Lipinski definition) is 0. The Labute approximate surface area is 377 Å². The summed E-state index contributed by atoms with van der Waals surface area (Å²) in [6, 6.07) is 78.3. The molecule has 0 aliphatic heterocycles. The maximum absolute atomic E-state index is 6.99. The van der Waals surface area contributed by atoms with Gasteiger partial charge in [-0.3, -0.25) is 0 Å². The molecule has 0 saturated carbocycles. The van der Waals surface area contributed by atoms with Gasteiger partial charge in [-0.25, -0.2) is 0 Å². The van der Waals surface area contributed by atoms with Gasteiger partial charge in [-0.05, 0) is 89.5 Å². The third kappa shape index (κ3) is 5.43. The van der Waals surface area contributed by atoms with E-state index in [2.05, 4.69) is 222 Å². The van der Waals surface area contributed by atoms with Crippen LogP contribution in [0.3, 0.4) is 0 Å². The third-order valence-corrected chi connectivity index (χ3v) is 14.4. The first kappa shape index (κ1) is 36.1. The van der Waals surface area contributed by atoms with E-state index in [9.17, 15) is 0 Å². The molecule has 304 valence electrons. The topological polar surface area (TPSA) is 34.5 Å². The Morgan fingerprint density at radius 3 is 1.80 bits per heavy atom. The van der Waals surface area contributed by atoms with Crippen LogP contribution in [0.4, 0.5) is 17.1 Å². The SMILES string of the molecule is c1cc(-c2ccc(N(c3ccc(-c4cccc5c4sc4ccccc45)cc3)c3cccc4c3oc3ccccc34)c3c2oc2ccccc23)cc(-n2c3ccccc3c3ccccc32)c1. The Morgan fingerprint density at radius 1 is 0.385 bits per heavy atom. The first-order valence-corrected chi connectivity index (χ1v) is 22.8. The van der Waals surface area contributed by atoms with E-state index in [1.54, 1.807) is 0 Å². The van der Waals surface area contributed by atoms with Gasteiger partial charge in [0.1, 0.15) is 16.7 Å². The summed E-state index contributed by atoms with van der Waals surface area (Å²) in [6.45, 7) is 0. The van der Waals surface area contributed by atoms with Crippen molar-refractivity contribution in [3.63, 3.8) is 0 Å². The summed E-state index contributed by atoms with van der Waals surface area (Å²) in [5, 5.41) is 9.32. The second-order valence-electron chi connectivity index (χ2n) is 16.8. The molecule has 65 heavy (non-hydrogen) atoms. The fourth-order valence-corrected chi connectivity index (χ4v) is 11.6. The molecule has 4 aromatic heterocycles. The molecule has 0 fully saturated rings. The van der Waals surface area contributed by atoms with Gasteiger partial charge in [0.15, 0.2) is 5.58 Å². The number of para-hydroxylation sites is 5. The molecule has 14 rings (SSSR count). The van der Waals surface area contributed by atoms with Gasteiger partial charge < -0.3 is 18.3 Å². The van der Waals surface area contributed by atoms with Crippen LogP contribution in [-0.2, 0) is 0 Å². The fraction of sp³-hybridized carbons (Fsp3) is 0. The van der Waals surface area contributed by atoms with E-state index >= 15 is 0 Å². The highest BCUT2D eigenvalue weighted by Crippen LogP contribution is 2.49. The molecule has 0 bridgehead atoms. The number of thiophene rings is 1. The van der Waals surface area contributed by atoms with Crippen molar-refractivity contribution in [3.05, 3.63) is 218 Å². The highest BCUT2D eigenvalue weighted by Gasteiger charge is 2.25. The van der Waals surface area contributed by atoms with Gasteiger partial charge in [-0.2, -0.15) is 0 Å². The van der Waals surface area contributed by atoms with Gasteiger partial charge in [-0.15, -0.1) is 11.3 Å². The van der Waals surface area contributed by atoms with Crippen molar-refractivity contribution in [2.75, 3.05) is 4.90 Å².